The molecule has 0 bridgehead atoms. The van der Waals surface area contributed by atoms with Gasteiger partial charge < -0.3 is 10.6 Å². The van der Waals surface area contributed by atoms with Gasteiger partial charge in [0.2, 0.25) is 0 Å². The van der Waals surface area contributed by atoms with Crippen molar-refractivity contribution in [3.05, 3.63) is 88.7 Å². The van der Waals surface area contributed by atoms with Gasteiger partial charge in [-0.05, 0) is 48.4 Å². The van der Waals surface area contributed by atoms with Gasteiger partial charge in [0, 0.05) is 11.6 Å². The van der Waals surface area contributed by atoms with Crippen LogP contribution in [0.4, 0.5) is 11.4 Å². The molecule has 0 spiro atoms. The zero-order valence-electron chi connectivity index (χ0n) is 14.4. The number of carbonyl (C=O) groups excluding carboxylic acids is 1. The Morgan fingerprint density at radius 3 is 2.70 bits per heavy atom. The minimum atomic E-state index is -0.235. The van der Waals surface area contributed by atoms with E-state index in [2.05, 4.69) is 21.7 Å². The molecular formula is C21H17ClN4O. The summed E-state index contributed by atoms with van der Waals surface area (Å²) in [5, 5.41) is 15.8. The van der Waals surface area contributed by atoms with Crippen LogP contribution in [0.1, 0.15) is 21.6 Å². The zero-order chi connectivity index (χ0) is 19.1. The van der Waals surface area contributed by atoms with Gasteiger partial charge in [0.05, 0.1) is 23.1 Å². The summed E-state index contributed by atoms with van der Waals surface area (Å²) in [5.74, 6) is -0.235. The van der Waals surface area contributed by atoms with Crippen LogP contribution >= 0.6 is 11.6 Å². The summed E-state index contributed by atoms with van der Waals surface area (Å²) in [7, 11) is 0. The van der Waals surface area contributed by atoms with E-state index < -0.39 is 0 Å². The van der Waals surface area contributed by atoms with Crippen LogP contribution < -0.4 is 10.6 Å². The second kappa shape index (κ2) is 8.84. The van der Waals surface area contributed by atoms with Crippen LogP contribution in [0, 0.1) is 11.3 Å². The number of hydrogen-bond donors (Lipinski definition) is 2. The number of anilines is 2. The van der Waals surface area contributed by atoms with Crippen molar-refractivity contribution >= 4 is 28.9 Å². The van der Waals surface area contributed by atoms with E-state index in [1.807, 2.05) is 36.4 Å². The summed E-state index contributed by atoms with van der Waals surface area (Å²) in [6.07, 6.45) is 2.26. The van der Waals surface area contributed by atoms with Crippen LogP contribution in [0.3, 0.4) is 0 Å². The minimum absolute atomic E-state index is 0.235. The SMILES string of the molecule is N#Cc1ccccc1Nc1ccc(C(=O)NCCc2cccc(Cl)c2)nc1. The summed E-state index contributed by atoms with van der Waals surface area (Å²) in [6, 6.07) is 20.3. The Morgan fingerprint density at radius 1 is 1.11 bits per heavy atom. The third-order valence-electron chi connectivity index (χ3n) is 3.91. The summed E-state index contributed by atoms with van der Waals surface area (Å²) in [4.78, 5) is 16.4. The highest BCUT2D eigenvalue weighted by Gasteiger charge is 2.07. The van der Waals surface area contributed by atoms with E-state index in [0.29, 0.717) is 40.6 Å². The van der Waals surface area contributed by atoms with Crippen molar-refractivity contribution in [3.8, 4) is 6.07 Å². The molecule has 5 nitrogen and oxygen atoms in total. The molecule has 1 amide bonds. The fourth-order valence-corrected chi connectivity index (χ4v) is 2.76. The molecule has 1 aromatic heterocycles. The molecule has 0 aliphatic heterocycles. The summed E-state index contributed by atoms with van der Waals surface area (Å²) >= 11 is 5.95. The largest absolute Gasteiger partial charge is 0.353 e. The second-order valence-corrected chi connectivity index (χ2v) is 6.29. The zero-order valence-corrected chi connectivity index (χ0v) is 15.2. The van der Waals surface area contributed by atoms with Crippen LogP contribution in [0.2, 0.25) is 5.02 Å². The number of pyridine rings is 1. The fraction of sp³-hybridized carbons (Fsp3) is 0.0952. The van der Waals surface area contributed by atoms with E-state index in [1.165, 1.54) is 0 Å². The van der Waals surface area contributed by atoms with Gasteiger partial charge in [-0.1, -0.05) is 35.9 Å². The van der Waals surface area contributed by atoms with Crippen LogP contribution in [0.25, 0.3) is 0 Å². The number of benzene rings is 2. The van der Waals surface area contributed by atoms with E-state index in [9.17, 15) is 4.79 Å². The van der Waals surface area contributed by atoms with Crippen molar-refractivity contribution in [1.29, 1.82) is 5.26 Å². The number of rotatable bonds is 6. The Kier molecular flexibility index (Phi) is 6.03. The average Bonchev–Trinajstić information content (AvgIpc) is 2.69. The first-order chi connectivity index (χ1) is 13.2. The molecule has 3 aromatic rings. The first-order valence-corrected chi connectivity index (χ1v) is 8.78. The van der Waals surface area contributed by atoms with Gasteiger partial charge >= 0.3 is 0 Å². The van der Waals surface area contributed by atoms with Crippen molar-refractivity contribution < 1.29 is 4.79 Å². The average molecular weight is 377 g/mol. The Balaban J connectivity index is 1.56. The number of nitrogens with zero attached hydrogens (tertiary/aromatic N) is 2. The maximum Gasteiger partial charge on any atom is 0.269 e. The van der Waals surface area contributed by atoms with Crippen molar-refractivity contribution in [2.75, 3.05) is 11.9 Å². The van der Waals surface area contributed by atoms with Crippen LogP contribution in [-0.2, 0) is 6.42 Å². The van der Waals surface area contributed by atoms with E-state index in [0.717, 1.165) is 5.56 Å². The normalized spacial score (nSPS) is 10.1. The van der Waals surface area contributed by atoms with E-state index in [-0.39, 0.29) is 5.91 Å². The maximum absolute atomic E-state index is 12.2. The van der Waals surface area contributed by atoms with Gasteiger partial charge in [-0.25, -0.2) is 4.98 Å². The Labute approximate surface area is 162 Å². The third-order valence-corrected chi connectivity index (χ3v) is 4.15. The lowest BCUT2D eigenvalue weighted by molar-refractivity contribution is 0.0949. The second-order valence-electron chi connectivity index (χ2n) is 5.85. The van der Waals surface area contributed by atoms with Crippen molar-refractivity contribution in [1.82, 2.24) is 10.3 Å². The topological polar surface area (TPSA) is 77.8 Å². The summed E-state index contributed by atoms with van der Waals surface area (Å²) in [5.41, 5.74) is 3.33. The monoisotopic (exact) mass is 376 g/mol. The maximum atomic E-state index is 12.2. The molecule has 0 atom stereocenters. The van der Waals surface area contributed by atoms with Gasteiger partial charge in [0.15, 0.2) is 0 Å². The van der Waals surface area contributed by atoms with E-state index in [4.69, 9.17) is 16.9 Å². The molecule has 6 heteroatoms. The number of nitriles is 1. The highest BCUT2D eigenvalue weighted by Crippen LogP contribution is 2.19. The first-order valence-electron chi connectivity index (χ1n) is 8.40. The van der Waals surface area contributed by atoms with Crippen molar-refractivity contribution in [2.24, 2.45) is 0 Å². The molecule has 0 fully saturated rings. The minimum Gasteiger partial charge on any atom is -0.353 e. The van der Waals surface area contributed by atoms with Crippen LogP contribution in [-0.4, -0.2) is 17.4 Å². The smallest absolute Gasteiger partial charge is 0.269 e. The Bertz CT molecular complexity index is 980. The first kappa shape index (κ1) is 18.4. The summed E-state index contributed by atoms with van der Waals surface area (Å²) in [6.45, 7) is 0.496. The number of carbonyl (C=O) groups is 1. The Hall–Kier alpha value is -3.36. The number of para-hydroxylation sites is 1. The molecule has 0 unspecified atom stereocenters. The van der Waals surface area contributed by atoms with E-state index in [1.54, 1.807) is 30.5 Å². The van der Waals surface area contributed by atoms with Gasteiger partial charge in [-0.15, -0.1) is 0 Å². The van der Waals surface area contributed by atoms with Crippen LogP contribution in [0.5, 0.6) is 0 Å². The number of amides is 1. The molecule has 0 aliphatic rings. The predicted octanol–water partition coefficient (Wildman–Crippen LogP) is 4.32. The highest BCUT2D eigenvalue weighted by molar-refractivity contribution is 6.30. The van der Waals surface area contributed by atoms with Crippen molar-refractivity contribution in [2.45, 2.75) is 6.42 Å². The molecular weight excluding hydrogens is 360 g/mol. The fourth-order valence-electron chi connectivity index (χ4n) is 2.55. The molecule has 1 heterocycles. The molecule has 27 heavy (non-hydrogen) atoms. The molecule has 134 valence electrons. The molecule has 0 radical (unpaired) electrons. The molecule has 3 rings (SSSR count). The van der Waals surface area contributed by atoms with Crippen LogP contribution in [0.15, 0.2) is 66.9 Å². The van der Waals surface area contributed by atoms with E-state index >= 15 is 0 Å². The van der Waals surface area contributed by atoms with Gasteiger partial charge in [-0.3, -0.25) is 4.79 Å². The number of nitrogens with one attached hydrogen (secondary N) is 2. The molecule has 2 N–H and O–H groups in total. The molecule has 2 aromatic carbocycles. The van der Waals surface area contributed by atoms with Gasteiger partial charge in [0.1, 0.15) is 11.8 Å². The van der Waals surface area contributed by atoms with Gasteiger partial charge in [-0.2, -0.15) is 5.26 Å². The lowest BCUT2D eigenvalue weighted by Gasteiger charge is -2.09. The molecule has 0 saturated carbocycles. The van der Waals surface area contributed by atoms with Crippen molar-refractivity contribution in [3.63, 3.8) is 0 Å². The number of hydrogen-bond acceptors (Lipinski definition) is 4. The highest BCUT2D eigenvalue weighted by atomic mass is 35.5. The standard InChI is InChI=1S/C21H17ClN4O/c22-17-6-3-4-15(12-17)10-11-24-21(27)20-9-8-18(14-25-20)26-19-7-2-1-5-16(19)13-23/h1-9,12,14,26H,10-11H2,(H,24,27). The lowest BCUT2D eigenvalue weighted by Crippen LogP contribution is -2.26. The number of halogens is 1. The Morgan fingerprint density at radius 2 is 1.96 bits per heavy atom. The quantitative estimate of drug-likeness (QED) is 0.671. The van der Waals surface area contributed by atoms with Gasteiger partial charge in [0.25, 0.3) is 5.91 Å². The predicted molar refractivity (Wildman–Crippen MR) is 106 cm³/mol. The summed E-state index contributed by atoms with van der Waals surface area (Å²) < 4.78 is 0. The lowest BCUT2D eigenvalue weighted by atomic mass is 10.1. The molecule has 0 saturated heterocycles. The molecule has 0 aliphatic carbocycles. The third kappa shape index (κ3) is 5.06. The number of aromatic nitrogens is 1.